The number of nitro benzene ring substituents is 2. The normalized spacial score (nSPS) is 10.6. The molecule has 0 atom stereocenters. The third-order valence-corrected chi connectivity index (χ3v) is 15.1. The molecule has 0 amide bonds. The predicted octanol–water partition coefficient (Wildman–Crippen LogP) is 16.9. The molecule has 0 aliphatic heterocycles. The number of phenolic OH excluding ortho intramolecular Hbond substituents is 3. The number of hydrogen-bond donors (Lipinski definition) is 7. The Bertz CT molecular complexity index is 3430. The van der Waals surface area contributed by atoms with Gasteiger partial charge in [0.15, 0.2) is 34.7 Å². The quantitative estimate of drug-likeness (QED) is 0.0196. The Morgan fingerprint density at radius 1 is 0.456 bits per heavy atom. The Morgan fingerprint density at radius 2 is 0.772 bits per heavy atom. The van der Waals surface area contributed by atoms with E-state index in [1.807, 2.05) is 85.8 Å². The zero-order valence-corrected chi connectivity index (χ0v) is 45.5. The van der Waals surface area contributed by atoms with Crippen LogP contribution in [0.1, 0.15) is 22.3 Å². The van der Waals surface area contributed by atoms with Crippen molar-refractivity contribution < 1.29 is 38.3 Å². The van der Waals surface area contributed by atoms with E-state index in [9.17, 15) is 48.7 Å². The van der Waals surface area contributed by atoms with Gasteiger partial charge in [0.1, 0.15) is 0 Å². The van der Waals surface area contributed by atoms with E-state index >= 15 is 0 Å². The molecule has 9 aromatic carbocycles. The number of nitrogen functional groups attached to an aromatic ring is 1. The summed E-state index contributed by atoms with van der Waals surface area (Å²) in [7, 11) is 0. The number of nitrogens with two attached hydrogens (primary N) is 1. The number of phenols is 3. The largest absolute Gasteiger partial charge is 0.505 e. The first kappa shape index (κ1) is 58.5. The van der Waals surface area contributed by atoms with E-state index in [0.29, 0.717) is 44.9 Å². The molecule has 0 aromatic heterocycles. The molecule has 0 heterocycles. The summed E-state index contributed by atoms with van der Waals surface area (Å²) in [4.78, 5) is 27.1. The second kappa shape index (κ2) is 27.9. The van der Waals surface area contributed by atoms with Crippen LogP contribution >= 0.6 is 58.5 Å². The Morgan fingerprint density at radius 3 is 1.10 bits per heavy atom. The fourth-order valence-corrected chi connectivity index (χ4v) is 10.1. The molecule has 0 aliphatic rings. The van der Waals surface area contributed by atoms with Gasteiger partial charge in [-0.15, -0.1) is 0 Å². The first-order chi connectivity index (χ1) is 37.8. The van der Waals surface area contributed by atoms with E-state index in [-0.39, 0.29) is 30.2 Å². The Balaban J connectivity index is 0.000000172. The van der Waals surface area contributed by atoms with Gasteiger partial charge in [-0.25, -0.2) is 13.2 Å². The summed E-state index contributed by atoms with van der Waals surface area (Å²) >= 11 is 16.4. The second-order valence-corrected chi connectivity index (χ2v) is 21.3. The molecule has 0 saturated heterocycles. The van der Waals surface area contributed by atoms with Crippen LogP contribution in [0.15, 0.2) is 211 Å². The topological polar surface area (TPSA) is 209 Å². The molecule has 21 heteroatoms. The number of hydrogen-bond acceptors (Lipinski definition) is 14. The number of nitrogens with one attached hydrogen (secondary N) is 3. The van der Waals surface area contributed by atoms with Crippen LogP contribution in [-0.4, -0.2) is 25.2 Å². The number of nitrogens with zero attached hydrogens (tertiary/aromatic N) is 2. The second-order valence-electron chi connectivity index (χ2n) is 17.1. The molecule has 0 radical (unpaired) electrons. The highest BCUT2D eigenvalue weighted by atomic mass is 35.5. The number of non-ortho nitro benzene ring substituents is 2. The summed E-state index contributed by atoms with van der Waals surface area (Å²) in [6.07, 6.45) is 0. The van der Waals surface area contributed by atoms with Crippen molar-refractivity contribution in [1.29, 1.82) is 0 Å². The molecule has 0 fully saturated rings. The molecule has 8 N–H and O–H groups in total. The number of aryl methyl sites for hydroxylation is 1. The molecule has 0 spiro atoms. The first-order valence-corrected chi connectivity index (χ1v) is 26.8. The van der Waals surface area contributed by atoms with Crippen LogP contribution in [0.3, 0.4) is 0 Å². The van der Waals surface area contributed by atoms with Crippen LogP contribution in [0.2, 0.25) is 10.0 Å². The van der Waals surface area contributed by atoms with Gasteiger partial charge in [0.2, 0.25) is 0 Å². The van der Waals surface area contributed by atoms with Gasteiger partial charge in [-0.3, -0.25) is 20.2 Å². The monoisotopic (exact) mass is 1160 g/mol. The minimum atomic E-state index is -0.741. The predicted molar refractivity (Wildman–Crippen MR) is 310 cm³/mol. The van der Waals surface area contributed by atoms with E-state index in [1.165, 1.54) is 90.3 Å². The number of benzene rings is 9. The van der Waals surface area contributed by atoms with Crippen LogP contribution in [0.5, 0.6) is 17.2 Å². The molecule has 9 aromatic rings. The summed E-state index contributed by atoms with van der Waals surface area (Å²) in [5.74, 6) is -3.36. The van der Waals surface area contributed by atoms with Crippen LogP contribution in [-0.2, 0) is 19.6 Å². The molecule has 9 rings (SSSR count). The summed E-state index contributed by atoms with van der Waals surface area (Å²) in [5.41, 5.74) is 11.6. The smallest absolute Gasteiger partial charge is 0.269 e. The summed E-state index contributed by atoms with van der Waals surface area (Å²) in [6, 6.07) is 50.0. The maximum atomic E-state index is 13.5. The maximum Gasteiger partial charge on any atom is 0.269 e. The molecular formula is C58H47Cl2F3N6O7S3. The molecule has 0 aliphatic carbocycles. The third kappa shape index (κ3) is 17.7. The highest BCUT2D eigenvalue weighted by molar-refractivity contribution is 8.00. The molecule has 404 valence electrons. The van der Waals surface area contributed by atoms with Crippen LogP contribution in [0, 0.1) is 44.6 Å². The average Bonchev–Trinajstić information content (AvgIpc) is 3.44. The van der Waals surface area contributed by atoms with Crippen molar-refractivity contribution >= 4 is 92.6 Å². The Kier molecular flexibility index (Phi) is 20.7. The molecule has 79 heavy (non-hydrogen) atoms. The standard InChI is InChI=1S/C20H17FN2O3S.C19H14ClFN2O3S.C19H16ClFN2OS/c1-13-2-6-17(7-3-13)27-20-9-5-16(23(25)26)10-14(20)12-22-15-4-8-19(24)18(21)11-15;20-13-1-5-16(6-2-13)27-19-8-4-15(23(25)26)9-12(19)11-22-14-3-7-18(24)17(21)10-14;20-13-1-5-16(6-2-13)25-19-8-3-14(22)9-12(19)11-23-15-4-7-18(24)17(21)10-15/h2-11,22,24H,12H2,1H3;1-10,22,24H,11H2;1-10,23-24H,11,22H2. The fraction of sp³-hybridized carbons (Fsp3) is 0.0690. The van der Waals surface area contributed by atoms with Crippen LogP contribution in [0.4, 0.5) is 47.3 Å². The average molecular weight is 1160 g/mol. The van der Waals surface area contributed by atoms with Crippen molar-refractivity contribution in [2.75, 3.05) is 21.7 Å². The highest BCUT2D eigenvalue weighted by Crippen LogP contribution is 2.37. The summed E-state index contributed by atoms with van der Waals surface area (Å²) in [6.45, 7) is 3.01. The van der Waals surface area contributed by atoms with Gasteiger partial charge in [-0.2, -0.15) is 0 Å². The SMILES string of the molecule is Cc1ccc(Sc2ccc([N+](=O)[O-])cc2CNc2ccc(O)c(F)c2)cc1.Nc1ccc(Sc2ccc(Cl)cc2)c(CNc2ccc(O)c(F)c2)c1.O=[N+]([O-])c1ccc(Sc2ccc(Cl)cc2)c(CNc2ccc(O)c(F)c2)c1. The molecule has 0 bridgehead atoms. The van der Waals surface area contributed by atoms with Gasteiger partial charge < -0.3 is 37.0 Å². The number of nitro groups is 2. The van der Waals surface area contributed by atoms with E-state index < -0.39 is 38.8 Å². The van der Waals surface area contributed by atoms with Crippen molar-refractivity contribution in [2.24, 2.45) is 0 Å². The number of halogens is 5. The Labute approximate surface area is 475 Å². The van der Waals surface area contributed by atoms with E-state index in [2.05, 4.69) is 16.0 Å². The van der Waals surface area contributed by atoms with E-state index in [4.69, 9.17) is 28.9 Å². The van der Waals surface area contributed by atoms with Gasteiger partial charge in [0, 0.05) is 124 Å². The summed E-state index contributed by atoms with van der Waals surface area (Å²) < 4.78 is 40.4. The molecule has 0 unspecified atom stereocenters. The lowest BCUT2D eigenvalue weighted by atomic mass is 10.2. The lowest BCUT2D eigenvalue weighted by Crippen LogP contribution is -2.02. The maximum absolute atomic E-state index is 13.5. The van der Waals surface area contributed by atoms with Crippen molar-refractivity contribution in [1.82, 2.24) is 0 Å². The van der Waals surface area contributed by atoms with Gasteiger partial charge in [-0.05, 0) is 151 Å². The molecule has 0 saturated carbocycles. The van der Waals surface area contributed by atoms with Gasteiger partial charge in [0.05, 0.1) is 9.85 Å². The summed E-state index contributed by atoms with van der Waals surface area (Å²) in [5, 5.41) is 60.6. The first-order valence-electron chi connectivity index (χ1n) is 23.6. The fourth-order valence-electron chi connectivity index (χ4n) is 7.11. The van der Waals surface area contributed by atoms with Gasteiger partial charge in [0.25, 0.3) is 11.4 Å². The molecule has 13 nitrogen and oxygen atoms in total. The van der Waals surface area contributed by atoms with Crippen LogP contribution < -0.4 is 21.7 Å². The van der Waals surface area contributed by atoms with Crippen molar-refractivity contribution in [3.63, 3.8) is 0 Å². The molecular weight excluding hydrogens is 1120 g/mol. The number of aromatic hydroxyl groups is 3. The number of anilines is 4. The lowest BCUT2D eigenvalue weighted by molar-refractivity contribution is -0.385. The minimum Gasteiger partial charge on any atom is -0.505 e. The number of rotatable bonds is 17. The van der Waals surface area contributed by atoms with Crippen LogP contribution in [0.25, 0.3) is 0 Å². The van der Waals surface area contributed by atoms with Crippen molar-refractivity contribution in [3.8, 4) is 17.2 Å². The van der Waals surface area contributed by atoms with Gasteiger partial charge in [-0.1, -0.05) is 76.2 Å². The van der Waals surface area contributed by atoms with Crippen molar-refractivity contribution in [2.45, 2.75) is 55.9 Å². The zero-order valence-electron chi connectivity index (χ0n) is 41.5. The Hall–Kier alpha value is -8.20. The third-order valence-electron chi connectivity index (χ3n) is 11.2. The lowest BCUT2D eigenvalue weighted by Gasteiger charge is -2.13. The van der Waals surface area contributed by atoms with E-state index in [1.54, 1.807) is 48.2 Å². The van der Waals surface area contributed by atoms with Gasteiger partial charge >= 0.3 is 0 Å². The zero-order chi connectivity index (χ0) is 56.6. The van der Waals surface area contributed by atoms with E-state index in [0.717, 1.165) is 46.1 Å². The van der Waals surface area contributed by atoms with Crippen molar-refractivity contribution in [3.05, 3.63) is 252 Å². The minimum absolute atomic E-state index is 0.00283. The highest BCUT2D eigenvalue weighted by Gasteiger charge is 2.15.